The Labute approximate surface area is 112 Å². The predicted molar refractivity (Wildman–Crippen MR) is 72.0 cm³/mol. The molecule has 5 nitrogen and oxygen atoms in total. The molecule has 0 radical (unpaired) electrons. The summed E-state index contributed by atoms with van der Waals surface area (Å²) >= 11 is 0. The fraction of sp³-hybridized carbons (Fsp3) is 0.429. The highest BCUT2D eigenvalue weighted by Crippen LogP contribution is 2.21. The lowest BCUT2D eigenvalue weighted by molar-refractivity contribution is -0.143. The largest absolute Gasteiger partial charge is 0.469 e. The molecule has 19 heavy (non-hydrogen) atoms. The van der Waals surface area contributed by atoms with E-state index in [1.54, 1.807) is 0 Å². The number of amides is 1. The number of piperazine rings is 1. The summed E-state index contributed by atoms with van der Waals surface area (Å²) in [5.74, 6) is -0.503. The molecule has 0 aliphatic carbocycles. The van der Waals surface area contributed by atoms with Gasteiger partial charge in [0.25, 0.3) is 0 Å². The Balaban J connectivity index is 2.21. The molecule has 1 aromatic rings. The second-order valence-corrected chi connectivity index (χ2v) is 4.62. The first kappa shape index (κ1) is 13.4. The number of methoxy groups -OCH3 is 1. The molecule has 1 atom stereocenters. The number of aryl methyl sites for hydroxylation is 1. The molecule has 1 aliphatic heterocycles. The van der Waals surface area contributed by atoms with Crippen LogP contribution in [0.1, 0.15) is 12.0 Å². The first-order chi connectivity index (χ1) is 9.11. The number of hydrogen-bond donors (Lipinski definition) is 1. The maximum Gasteiger partial charge on any atom is 0.308 e. The SMILES string of the molecule is COC(=O)CC1C(=O)NCCN1c1ccc(C)cc1. The minimum atomic E-state index is -0.496. The maximum atomic E-state index is 11.9. The van der Waals surface area contributed by atoms with Gasteiger partial charge in [-0.25, -0.2) is 0 Å². The van der Waals surface area contributed by atoms with Gasteiger partial charge in [-0.15, -0.1) is 0 Å². The van der Waals surface area contributed by atoms with E-state index in [2.05, 4.69) is 10.1 Å². The van der Waals surface area contributed by atoms with Gasteiger partial charge in [-0.05, 0) is 19.1 Å². The zero-order valence-electron chi connectivity index (χ0n) is 11.2. The topological polar surface area (TPSA) is 58.6 Å². The normalized spacial score (nSPS) is 18.9. The number of hydrogen-bond acceptors (Lipinski definition) is 4. The fourth-order valence-electron chi connectivity index (χ4n) is 2.20. The summed E-state index contributed by atoms with van der Waals surface area (Å²) in [6, 6.07) is 7.44. The summed E-state index contributed by atoms with van der Waals surface area (Å²) in [7, 11) is 1.33. The van der Waals surface area contributed by atoms with Crippen LogP contribution in [0.4, 0.5) is 5.69 Å². The van der Waals surface area contributed by atoms with Gasteiger partial charge in [0.2, 0.25) is 5.91 Å². The molecule has 1 aromatic carbocycles. The van der Waals surface area contributed by atoms with Crippen molar-refractivity contribution in [3.63, 3.8) is 0 Å². The van der Waals surface area contributed by atoms with Gasteiger partial charge in [0.1, 0.15) is 6.04 Å². The van der Waals surface area contributed by atoms with Crippen molar-refractivity contribution >= 4 is 17.6 Å². The fourth-order valence-corrected chi connectivity index (χ4v) is 2.20. The minimum absolute atomic E-state index is 0.0657. The number of carbonyl (C=O) groups excluding carboxylic acids is 2. The Hall–Kier alpha value is -2.04. The summed E-state index contributed by atoms with van der Waals surface area (Å²) in [6.07, 6.45) is 0.0657. The van der Waals surface area contributed by atoms with E-state index in [4.69, 9.17) is 0 Å². The van der Waals surface area contributed by atoms with Gasteiger partial charge < -0.3 is 15.0 Å². The van der Waals surface area contributed by atoms with E-state index >= 15 is 0 Å². The van der Waals surface area contributed by atoms with Crippen LogP contribution < -0.4 is 10.2 Å². The zero-order chi connectivity index (χ0) is 13.8. The quantitative estimate of drug-likeness (QED) is 0.821. The third kappa shape index (κ3) is 3.05. The Bertz CT molecular complexity index is 470. The van der Waals surface area contributed by atoms with Crippen molar-refractivity contribution in [1.82, 2.24) is 5.32 Å². The van der Waals surface area contributed by atoms with Crippen molar-refractivity contribution in [2.24, 2.45) is 0 Å². The molecule has 0 bridgehead atoms. The van der Waals surface area contributed by atoms with E-state index < -0.39 is 6.04 Å². The summed E-state index contributed by atoms with van der Waals surface area (Å²) < 4.78 is 4.66. The van der Waals surface area contributed by atoms with Crippen LogP contribution in [0.25, 0.3) is 0 Å². The second-order valence-electron chi connectivity index (χ2n) is 4.62. The standard InChI is InChI=1S/C14H18N2O3/c1-10-3-5-11(6-4-10)16-8-7-15-14(18)12(16)9-13(17)19-2/h3-6,12H,7-9H2,1-2H3,(H,15,18). The Kier molecular flexibility index (Phi) is 4.04. The first-order valence-electron chi connectivity index (χ1n) is 6.29. The van der Waals surface area contributed by atoms with Crippen LogP contribution in [0.15, 0.2) is 24.3 Å². The molecule has 1 heterocycles. The molecule has 1 fully saturated rings. The van der Waals surface area contributed by atoms with Crippen molar-refractivity contribution in [3.8, 4) is 0 Å². The van der Waals surface area contributed by atoms with Crippen molar-refractivity contribution in [1.29, 1.82) is 0 Å². The number of anilines is 1. The monoisotopic (exact) mass is 262 g/mol. The van der Waals surface area contributed by atoms with Gasteiger partial charge in [0, 0.05) is 18.8 Å². The van der Waals surface area contributed by atoms with Crippen LogP contribution in [-0.4, -0.2) is 38.1 Å². The number of ether oxygens (including phenoxy) is 1. The van der Waals surface area contributed by atoms with Crippen LogP contribution in [0.5, 0.6) is 0 Å². The summed E-state index contributed by atoms with van der Waals surface area (Å²) in [6.45, 7) is 3.29. The highest BCUT2D eigenvalue weighted by molar-refractivity contribution is 5.90. The van der Waals surface area contributed by atoms with E-state index in [0.717, 1.165) is 11.3 Å². The lowest BCUT2D eigenvalue weighted by Gasteiger charge is -2.36. The molecule has 0 spiro atoms. The van der Waals surface area contributed by atoms with Gasteiger partial charge in [-0.1, -0.05) is 17.7 Å². The molecular formula is C14H18N2O3. The maximum absolute atomic E-state index is 11.9. The summed E-state index contributed by atoms with van der Waals surface area (Å²) in [5.41, 5.74) is 2.11. The molecule has 1 N–H and O–H groups in total. The summed E-state index contributed by atoms with van der Waals surface area (Å²) in [5, 5.41) is 2.78. The van der Waals surface area contributed by atoms with Gasteiger partial charge in [-0.3, -0.25) is 9.59 Å². The molecule has 102 valence electrons. The van der Waals surface area contributed by atoms with E-state index in [0.29, 0.717) is 13.1 Å². The van der Waals surface area contributed by atoms with Crippen LogP contribution in [0.2, 0.25) is 0 Å². The third-order valence-corrected chi connectivity index (χ3v) is 3.28. The molecule has 0 saturated carbocycles. The minimum Gasteiger partial charge on any atom is -0.469 e. The average molecular weight is 262 g/mol. The molecule has 2 rings (SSSR count). The van der Waals surface area contributed by atoms with Crippen molar-refractivity contribution in [3.05, 3.63) is 29.8 Å². The molecule has 0 aromatic heterocycles. The number of carbonyl (C=O) groups is 2. The van der Waals surface area contributed by atoms with E-state index in [9.17, 15) is 9.59 Å². The van der Waals surface area contributed by atoms with Gasteiger partial charge in [0.15, 0.2) is 0 Å². The van der Waals surface area contributed by atoms with E-state index in [1.165, 1.54) is 7.11 Å². The van der Waals surface area contributed by atoms with Gasteiger partial charge >= 0.3 is 5.97 Å². The molecular weight excluding hydrogens is 244 g/mol. The zero-order valence-corrected chi connectivity index (χ0v) is 11.2. The van der Waals surface area contributed by atoms with Crippen molar-refractivity contribution < 1.29 is 14.3 Å². The van der Waals surface area contributed by atoms with E-state index in [-0.39, 0.29) is 18.3 Å². The highest BCUT2D eigenvalue weighted by Gasteiger charge is 2.32. The predicted octanol–water partition coefficient (Wildman–Crippen LogP) is 0.863. The average Bonchev–Trinajstić information content (AvgIpc) is 2.42. The molecule has 5 heteroatoms. The number of rotatable bonds is 3. The molecule has 1 amide bonds. The number of benzene rings is 1. The number of nitrogens with zero attached hydrogens (tertiary/aromatic N) is 1. The van der Waals surface area contributed by atoms with Crippen LogP contribution >= 0.6 is 0 Å². The van der Waals surface area contributed by atoms with Crippen molar-refractivity contribution in [2.45, 2.75) is 19.4 Å². The second kappa shape index (κ2) is 5.73. The van der Waals surface area contributed by atoms with Crippen LogP contribution in [0, 0.1) is 6.92 Å². The Morgan fingerprint density at radius 3 is 2.74 bits per heavy atom. The summed E-state index contributed by atoms with van der Waals surface area (Å²) in [4.78, 5) is 25.3. The van der Waals surface area contributed by atoms with Gasteiger partial charge in [0.05, 0.1) is 13.5 Å². The Morgan fingerprint density at radius 2 is 2.11 bits per heavy atom. The lowest BCUT2D eigenvalue weighted by Crippen LogP contribution is -2.56. The number of esters is 1. The number of nitrogens with one attached hydrogen (secondary N) is 1. The first-order valence-corrected chi connectivity index (χ1v) is 6.29. The molecule has 1 aliphatic rings. The highest BCUT2D eigenvalue weighted by atomic mass is 16.5. The lowest BCUT2D eigenvalue weighted by atomic mass is 10.1. The van der Waals surface area contributed by atoms with Crippen LogP contribution in [0.3, 0.4) is 0 Å². The third-order valence-electron chi connectivity index (χ3n) is 3.28. The van der Waals surface area contributed by atoms with E-state index in [1.807, 2.05) is 36.1 Å². The van der Waals surface area contributed by atoms with Gasteiger partial charge in [-0.2, -0.15) is 0 Å². The smallest absolute Gasteiger partial charge is 0.308 e. The molecule has 1 unspecified atom stereocenters. The van der Waals surface area contributed by atoms with Crippen molar-refractivity contribution in [2.75, 3.05) is 25.1 Å². The van der Waals surface area contributed by atoms with Crippen LogP contribution in [-0.2, 0) is 14.3 Å². The Morgan fingerprint density at radius 1 is 1.42 bits per heavy atom. The molecule has 1 saturated heterocycles.